The van der Waals surface area contributed by atoms with Crippen LogP contribution in [-0.2, 0) is 4.79 Å². The lowest BCUT2D eigenvalue weighted by molar-refractivity contribution is -0.139. The van der Waals surface area contributed by atoms with E-state index in [1.807, 2.05) is 13.8 Å². The van der Waals surface area contributed by atoms with Crippen molar-refractivity contribution in [3.63, 3.8) is 0 Å². The highest BCUT2D eigenvalue weighted by atomic mass is 35.5. The normalized spacial score (nSPS) is 12.1. The average molecular weight is 333 g/mol. The quantitative estimate of drug-likeness (QED) is 0.764. The van der Waals surface area contributed by atoms with Gasteiger partial charge in [0.2, 0.25) is 0 Å². The number of aryl methyl sites for hydroxylation is 1. The second-order valence-electron chi connectivity index (χ2n) is 5.20. The van der Waals surface area contributed by atoms with Crippen LogP contribution in [0.2, 0.25) is 10.0 Å². The van der Waals surface area contributed by atoms with Crippen molar-refractivity contribution in [2.24, 2.45) is 5.92 Å². The smallest absolute Gasteiger partial charge is 0.326 e. The number of hydrogen-bond donors (Lipinski definition) is 3. The van der Waals surface area contributed by atoms with Crippen LogP contribution in [0.4, 0.5) is 10.5 Å². The Morgan fingerprint density at radius 3 is 2.38 bits per heavy atom. The summed E-state index contributed by atoms with van der Waals surface area (Å²) in [6.07, 6.45) is 0.338. The number of urea groups is 1. The molecule has 1 rings (SSSR count). The molecule has 0 bridgehead atoms. The minimum Gasteiger partial charge on any atom is -0.480 e. The maximum atomic E-state index is 11.9. The van der Waals surface area contributed by atoms with E-state index in [1.165, 1.54) is 6.07 Å². The Bertz CT molecular complexity index is 547. The number of nitrogens with one attached hydrogen (secondary N) is 2. The van der Waals surface area contributed by atoms with Gasteiger partial charge in [-0.2, -0.15) is 0 Å². The van der Waals surface area contributed by atoms with Gasteiger partial charge in [-0.25, -0.2) is 9.59 Å². The molecular formula is C14H18Cl2N2O3. The summed E-state index contributed by atoms with van der Waals surface area (Å²) in [4.78, 5) is 23.0. The van der Waals surface area contributed by atoms with Crippen LogP contribution in [0.3, 0.4) is 0 Å². The molecule has 0 saturated heterocycles. The second kappa shape index (κ2) is 7.52. The van der Waals surface area contributed by atoms with E-state index in [1.54, 1.807) is 13.0 Å². The fourth-order valence-corrected chi connectivity index (χ4v) is 2.18. The monoisotopic (exact) mass is 332 g/mol. The Morgan fingerprint density at radius 1 is 1.24 bits per heavy atom. The van der Waals surface area contributed by atoms with E-state index < -0.39 is 18.0 Å². The first kappa shape index (κ1) is 17.6. The number of benzene rings is 1. The Kier molecular flexibility index (Phi) is 6.30. The molecule has 0 aliphatic rings. The number of anilines is 1. The van der Waals surface area contributed by atoms with E-state index in [0.29, 0.717) is 22.2 Å². The molecule has 1 aromatic carbocycles. The first-order chi connectivity index (χ1) is 9.70. The first-order valence-corrected chi connectivity index (χ1v) is 7.22. The van der Waals surface area contributed by atoms with Crippen LogP contribution >= 0.6 is 23.2 Å². The van der Waals surface area contributed by atoms with Gasteiger partial charge < -0.3 is 15.7 Å². The average Bonchev–Trinajstić information content (AvgIpc) is 2.34. The highest BCUT2D eigenvalue weighted by Gasteiger charge is 2.21. The number of amides is 2. The first-order valence-electron chi connectivity index (χ1n) is 6.46. The lowest BCUT2D eigenvalue weighted by Gasteiger charge is -2.17. The van der Waals surface area contributed by atoms with Crippen molar-refractivity contribution in [1.82, 2.24) is 5.32 Å². The van der Waals surface area contributed by atoms with Crippen LogP contribution in [0.5, 0.6) is 0 Å². The third-order valence-electron chi connectivity index (χ3n) is 2.81. The second-order valence-corrected chi connectivity index (χ2v) is 6.01. The summed E-state index contributed by atoms with van der Waals surface area (Å²) in [5, 5.41) is 14.8. The van der Waals surface area contributed by atoms with Gasteiger partial charge in [0.15, 0.2) is 0 Å². The molecule has 0 aromatic heterocycles. The zero-order valence-electron chi connectivity index (χ0n) is 12.0. The topological polar surface area (TPSA) is 78.4 Å². The Labute approximate surface area is 133 Å². The number of carbonyl (C=O) groups excluding carboxylic acids is 1. The number of rotatable bonds is 5. The van der Waals surface area contributed by atoms with E-state index >= 15 is 0 Å². The minimum absolute atomic E-state index is 0.142. The number of carbonyl (C=O) groups is 2. The molecule has 3 N–H and O–H groups in total. The summed E-state index contributed by atoms with van der Waals surface area (Å²) in [7, 11) is 0. The molecule has 0 radical (unpaired) electrons. The van der Waals surface area contributed by atoms with E-state index in [2.05, 4.69) is 10.6 Å². The molecule has 1 unspecified atom stereocenters. The van der Waals surface area contributed by atoms with Gasteiger partial charge in [0, 0.05) is 5.02 Å². The molecule has 0 aliphatic heterocycles. The molecule has 0 heterocycles. The molecule has 21 heavy (non-hydrogen) atoms. The zero-order chi connectivity index (χ0) is 16.2. The molecule has 0 saturated carbocycles. The summed E-state index contributed by atoms with van der Waals surface area (Å²) >= 11 is 12.0. The largest absolute Gasteiger partial charge is 0.480 e. The number of aliphatic carboxylic acids is 1. The van der Waals surface area contributed by atoms with Crippen LogP contribution in [-0.4, -0.2) is 23.1 Å². The summed E-state index contributed by atoms with van der Waals surface area (Å²) in [5.41, 5.74) is 1.12. The van der Waals surface area contributed by atoms with Gasteiger partial charge in [0.1, 0.15) is 6.04 Å². The van der Waals surface area contributed by atoms with Crippen molar-refractivity contribution in [1.29, 1.82) is 0 Å². The van der Waals surface area contributed by atoms with E-state index in [0.717, 1.165) is 5.56 Å². The molecule has 1 aromatic rings. The fraction of sp³-hybridized carbons (Fsp3) is 0.429. The number of carboxylic acid groups (broad SMARTS) is 1. The lowest BCUT2D eigenvalue weighted by Crippen LogP contribution is -2.43. The van der Waals surface area contributed by atoms with E-state index in [-0.39, 0.29) is 5.92 Å². The number of carboxylic acids is 1. The van der Waals surface area contributed by atoms with Crippen molar-refractivity contribution >= 4 is 40.9 Å². The van der Waals surface area contributed by atoms with Gasteiger partial charge in [0.05, 0.1) is 10.7 Å². The molecule has 0 spiro atoms. The molecule has 5 nitrogen and oxygen atoms in total. The van der Waals surface area contributed by atoms with Crippen LogP contribution in [0.25, 0.3) is 0 Å². The van der Waals surface area contributed by atoms with Crippen LogP contribution < -0.4 is 10.6 Å². The Balaban J connectivity index is 2.77. The molecule has 0 fully saturated rings. The zero-order valence-corrected chi connectivity index (χ0v) is 13.5. The molecule has 7 heteroatoms. The number of halogens is 2. The van der Waals surface area contributed by atoms with Crippen molar-refractivity contribution in [3.05, 3.63) is 27.7 Å². The standard InChI is InChI=1S/C14H18Cl2N2O3/c1-7(2)4-12(13(19)20)18-14(21)17-11-6-9(15)8(3)5-10(11)16/h5-7,12H,4H2,1-3H3,(H,19,20)(H2,17,18,21). The van der Waals surface area contributed by atoms with Gasteiger partial charge in [-0.15, -0.1) is 0 Å². The third-order valence-corrected chi connectivity index (χ3v) is 3.53. The maximum Gasteiger partial charge on any atom is 0.326 e. The molecular weight excluding hydrogens is 315 g/mol. The summed E-state index contributed by atoms with van der Waals surface area (Å²) in [6, 6.07) is 1.56. The van der Waals surface area contributed by atoms with Gasteiger partial charge >= 0.3 is 12.0 Å². The maximum absolute atomic E-state index is 11.9. The Hall–Kier alpha value is -1.46. The van der Waals surface area contributed by atoms with Crippen LogP contribution in [0, 0.1) is 12.8 Å². The van der Waals surface area contributed by atoms with Gasteiger partial charge in [-0.1, -0.05) is 37.0 Å². The SMILES string of the molecule is Cc1cc(Cl)c(NC(=O)NC(CC(C)C)C(=O)O)cc1Cl. The Morgan fingerprint density at radius 2 is 1.86 bits per heavy atom. The van der Waals surface area contributed by atoms with Crippen molar-refractivity contribution < 1.29 is 14.7 Å². The lowest BCUT2D eigenvalue weighted by atomic mass is 10.0. The van der Waals surface area contributed by atoms with Crippen molar-refractivity contribution in [3.8, 4) is 0 Å². The van der Waals surface area contributed by atoms with Crippen molar-refractivity contribution in [2.45, 2.75) is 33.2 Å². The third kappa shape index (κ3) is 5.44. The van der Waals surface area contributed by atoms with Crippen LogP contribution in [0.1, 0.15) is 25.8 Å². The van der Waals surface area contributed by atoms with E-state index in [4.69, 9.17) is 28.3 Å². The summed E-state index contributed by atoms with van der Waals surface area (Å²) in [6.45, 7) is 5.55. The summed E-state index contributed by atoms with van der Waals surface area (Å²) in [5.74, 6) is -0.935. The fourth-order valence-electron chi connectivity index (χ4n) is 1.75. The summed E-state index contributed by atoms with van der Waals surface area (Å²) < 4.78 is 0. The highest BCUT2D eigenvalue weighted by Crippen LogP contribution is 2.28. The van der Waals surface area contributed by atoms with E-state index in [9.17, 15) is 9.59 Å². The van der Waals surface area contributed by atoms with Gasteiger partial charge in [-0.3, -0.25) is 0 Å². The molecule has 2 amide bonds. The minimum atomic E-state index is -1.08. The highest BCUT2D eigenvalue weighted by molar-refractivity contribution is 6.36. The molecule has 116 valence electrons. The van der Waals surface area contributed by atoms with Gasteiger partial charge in [0.25, 0.3) is 0 Å². The van der Waals surface area contributed by atoms with Gasteiger partial charge in [-0.05, 0) is 37.0 Å². The molecule has 0 aliphatic carbocycles. The van der Waals surface area contributed by atoms with Crippen molar-refractivity contribution in [2.75, 3.05) is 5.32 Å². The number of hydrogen-bond acceptors (Lipinski definition) is 2. The predicted octanol–water partition coefficient (Wildman–Crippen LogP) is 3.92. The predicted molar refractivity (Wildman–Crippen MR) is 84.2 cm³/mol. The van der Waals surface area contributed by atoms with Crippen LogP contribution in [0.15, 0.2) is 12.1 Å². The molecule has 1 atom stereocenters.